The summed E-state index contributed by atoms with van der Waals surface area (Å²) in [5.74, 6) is -2.59. The van der Waals surface area contributed by atoms with Crippen LogP contribution in [0.1, 0.15) is 52.1 Å². The summed E-state index contributed by atoms with van der Waals surface area (Å²) >= 11 is -0.0919. The van der Waals surface area contributed by atoms with Crippen LogP contribution in [0.5, 0.6) is 0 Å². The van der Waals surface area contributed by atoms with Gasteiger partial charge in [-0.1, -0.05) is 0 Å². The third-order valence-electron chi connectivity index (χ3n) is 5.39. The maximum atomic E-state index is 13.5. The molecule has 1 saturated heterocycles. The van der Waals surface area contributed by atoms with Crippen molar-refractivity contribution in [1.82, 2.24) is 29.9 Å². The monoisotopic (exact) mass is 520 g/mol. The van der Waals surface area contributed by atoms with E-state index in [1.165, 1.54) is 6.20 Å². The Bertz CT molecular complexity index is 1080. The van der Waals surface area contributed by atoms with Crippen LogP contribution in [0.3, 0.4) is 0 Å². The van der Waals surface area contributed by atoms with Crippen LogP contribution < -0.4 is 5.56 Å². The number of rotatable bonds is 3. The summed E-state index contributed by atoms with van der Waals surface area (Å²) in [6, 6.07) is -0.133. The number of aryl methyl sites for hydroxylation is 1. The molecule has 0 spiro atoms. The Balaban J connectivity index is 1.49. The Kier molecular flexibility index (Phi) is 4.49. The molecule has 3 aromatic heterocycles. The molecule has 0 unspecified atom stereocenters. The Morgan fingerprint density at radius 1 is 1.29 bits per heavy atom. The van der Waals surface area contributed by atoms with Crippen molar-refractivity contribution in [2.24, 2.45) is 0 Å². The van der Waals surface area contributed by atoms with Gasteiger partial charge in [0, 0.05) is 0 Å². The first-order chi connectivity index (χ1) is 13.4. The van der Waals surface area contributed by atoms with Crippen molar-refractivity contribution in [2.45, 2.75) is 54.9 Å². The zero-order chi connectivity index (χ0) is 19.5. The van der Waals surface area contributed by atoms with Gasteiger partial charge in [0.2, 0.25) is 0 Å². The quantitative estimate of drug-likeness (QED) is 0.322. The van der Waals surface area contributed by atoms with Crippen LogP contribution in [-0.4, -0.2) is 40.3 Å². The predicted octanol–water partition coefficient (Wildman–Crippen LogP) is 3.85. The number of aromatic nitrogens is 6. The number of halogens is 3. The third-order valence-corrected chi connectivity index (χ3v) is 13.4. The van der Waals surface area contributed by atoms with Gasteiger partial charge in [-0.05, 0) is 0 Å². The molecule has 3 aromatic rings. The zero-order valence-electron chi connectivity index (χ0n) is 15.2. The molecule has 1 aliphatic heterocycles. The standard InChI is InChI=1S/C17H19F2IN6OS/c1-9-24-25-15(28-9)12-4-7-20(12)16-22-13-11(14(27)23-16)8-21-26(13)10-2-5-17(18,19)6-3-10/h8,10,12H,2-7H2,1H3,(H,22,23,27)/t12-/m0/s1. The summed E-state index contributed by atoms with van der Waals surface area (Å²) in [5.41, 5.74) is 0.342. The van der Waals surface area contributed by atoms with Crippen molar-refractivity contribution in [3.63, 3.8) is 0 Å². The maximum absolute atomic E-state index is 13.5. The van der Waals surface area contributed by atoms with Crippen molar-refractivity contribution in [3.8, 4) is 0 Å². The van der Waals surface area contributed by atoms with Crippen molar-refractivity contribution >= 4 is 42.2 Å². The first-order valence-corrected chi connectivity index (χ1v) is 13.9. The molecule has 0 bridgehead atoms. The van der Waals surface area contributed by atoms with E-state index in [0.717, 1.165) is 24.7 Å². The number of fused-ring (bicyclic) bond motifs is 1. The van der Waals surface area contributed by atoms with Crippen LogP contribution in [0.2, 0.25) is 0 Å². The Hall–Kier alpha value is -1.50. The Morgan fingerprint density at radius 2 is 2.07 bits per heavy atom. The van der Waals surface area contributed by atoms with Crippen LogP contribution >= 0.6 is 31.2 Å². The molecule has 1 N–H and O–H groups in total. The molecule has 28 heavy (non-hydrogen) atoms. The first-order valence-electron chi connectivity index (χ1n) is 9.21. The van der Waals surface area contributed by atoms with Crippen LogP contribution in [0.25, 0.3) is 11.0 Å². The van der Waals surface area contributed by atoms with Crippen LogP contribution in [0.15, 0.2) is 11.0 Å². The summed E-state index contributed by atoms with van der Waals surface area (Å²) in [6.45, 7) is 1.94. The van der Waals surface area contributed by atoms with Crippen LogP contribution in [-0.2, 0) is 0 Å². The third kappa shape index (κ3) is 3.15. The van der Waals surface area contributed by atoms with Gasteiger partial charge in [0.05, 0.1) is 0 Å². The average molecular weight is 520 g/mol. The molecule has 0 radical (unpaired) electrons. The van der Waals surface area contributed by atoms with Crippen LogP contribution in [0.4, 0.5) is 8.78 Å². The fraction of sp³-hybridized carbons (Fsp3) is 0.588. The van der Waals surface area contributed by atoms with Gasteiger partial charge in [-0.2, -0.15) is 0 Å². The second kappa shape index (κ2) is 6.78. The van der Waals surface area contributed by atoms with E-state index < -0.39 is 25.7 Å². The number of H-pyrrole nitrogens is 1. The van der Waals surface area contributed by atoms with Crippen molar-refractivity contribution < 1.29 is 8.78 Å². The minimum absolute atomic E-state index is 0.133. The molecular formula is C17H19F2IN6OS. The molecule has 0 aromatic carbocycles. The second-order valence-corrected chi connectivity index (χ2v) is 14.4. The van der Waals surface area contributed by atoms with Gasteiger partial charge in [-0.25, -0.2) is 0 Å². The van der Waals surface area contributed by atoms with E-state index in [9.17, 15) is 13.6 Å². The summed E-state index contributed by atoms with van der Waals surface area (Å²) < 4.78 is 31.0. The second-order valence-electron chi connectivity index (χ2n) is 7.27. The number of hydrogen-bond donors (Lipinski definition) is 1. The summed E-state index contributed by atoms with van der Waals surface area (Å²) in [4.78, 5) is 20.4. The molecule has 7 nitrogen and oxygen atoms in total. The van der Waals surface area contributed by atoms with E-state index in [0.29, 0.717) is 27.8 Å². The van der Waals surface area contributed by atoms with E-state index in [2.05, 4.69) is 20.3 Å². The van der Waals surface area contributed by atoms with E-state index in [1.807, 2.05) is 6.92 Å². The molecule has 2 aliphatic rings. The number of hydrogen-bond acceptors (Lipinski definition) is 6. The molecule has 4 heterocycles. The Labute approximate surface area is 170 Å². The SMILES string of the molecule is Cc1nnc([C@@H]2CCI2c2nc3c(cnn3C3CCC(F)(F)CC3)c(=O)[nH]2)s1. The Morgan fingerprint density at radius 3 is 2.71 bits per heavy atom. The van der Waals surface area contributed by atoms with E-state index in [-0.39, 0.29) is 24.4 Å². The molecule has 1 atom stereocenters. The van der Waals surface area contributed by atoms with Gasteiger partial charge in [0.1, 0.15) is 0 Å². The molecule has 11 heteroatoms. The predicted molar refractivity (Wildman–Crippen MR) is 110 cm³/mol. The molecular weight excluding hydrogens is 501 g/mol. The summed E-state index contributed by atoms with van der Waals surface area (Å²) in [5, 5.41) is 15.2. The number of nitrogens with zero attached hydrogens (tertiary/aromatic N) is 5. The molecule has 0 amide bonds. The van der Waals surface area contributed by atoms with Gasteiger partial charge in [0.15, 0.2) is 0 Å². The minimum atomic E-state index is -2.59. The normalized spacial score (nSPS) is 23.8. The van der Waals surface area contributed by atoms with Crippen LogP contribution in [0, 0.1) is 10.8 Å². The van der Waals surface area contributed by atoms with E-state index in [1.54, 1.807) is 16.0 Å². The topological polar surface area (TPSA) is 89.3 Å². The van der Waals surface area contributed by atoms with Gasteiger partial charge in [-0.15, -0.1) is 0 Å². The van der Waals surface area contributed by atoms with E-state index in [4.69, 9.17) is 4.98 Å². The molecule has 2 fully saturated rings. The van der Waals surface area contributed by atoms with Gasteiger partial charge in [0.25, 0.3) is 0 Å². The number of aromatic amines is 1. The first kappa shape index (κ1) is 18.5. The molecule has 5 rings (SSSR count). The summed E-state index contributed by atoms with van der Waals surface area (Å²) in [7, 11) is 0. The zero-order valence-corrected chi connectivity index (χ0v) is 18.1. The van der Waals surface area contributed by atoms with Crippen molar-refractivity contribution in [1.29, 1.82) is 0 Å². The molecule has 1 saturated carbocycles. The molecule has 1 aliphatic carbocycles. The van der Waals surface area contributed by atoms with E-state index >= 15 is 0 Å². The van der Waals surface area contributed by atoms with Crippen molar-refractivity contribution in [2.75, 3.05) is 4.43 Å². The average Bonchev–Trinajstić information content (AvgIpc) is 3.21. The van der Waals surface area contributed by atoms with Crippen molar-refractivity contribution in [3.05, 3.63) is 30.4 Å². The summed E-state index contributed by atoms with van der Waals surface area (Å²) in [6.07, 6.45) is 2.97. The number of alkyl halides is 4. The molecule has 150 valence electrons. The fourth-order valence-corrected chi connectivity index (χ4v) is 10.6. The van der Waals surface area contributed by atoms with Gasteiger partial charge in [-0.3, -0.25) is 0 Å². The number of nitrogens with one attached hydrogen (secondary N) is 1. The van der Waals surface area contributed by atoms with Gasteiger partial charge >= 0.3 is 171 Å². The van der Waals surface area contributed by atoms with Gasteiger partial charge < -0.3 is 0 Å². The fourth-order valence-electron chi connectivity index (χ4n) is 3.78.